The van der Waals surface area contributed by atoms with E-state index in [0.717, 1.165) is 32.2 Å². The fourth-order valence-corrected chi connectivity index (χ4v) is 7.29. The first kappa shape index (κ1) is 29.9. The molecule has 1 aliphatic carbocycles. The highest BCUT2D eigenvalue weighted by Gasteiger charge is 2.49. The number of phenols is 1. The molecule has 7 rings (SSSR count). The van der Waals surface area contributed by atoms with Gasteiger partial charge in [-0.3, -0.25) is 4.90 Å². The lowest BCUT2D eigenvalue weighted by Gasteiger charge is -2.31. The van der Waals surface area contributed by atoms with E-state index in [4.69, 9.17) is 15.9 Å². The number of rotatable bonds is 8. The quantitative estimate of drug-likeness (QED) is 0.236. The molecule has 9 nitrogen and oxygen atoms in total. The van der Waals surface area contributed by atoms with Crippen LogP contribution in [0.1, 0.15) is 37.7 Å². The summed E-state index contributed by atoms with van der Waals surface area (Å²) in [6.07, 6.45) is 8.19. The second kappa shape index (κ2) is 11.5. The average molecular weight is 629 g/mol. The van der Waals surface area contributed by atoms with Crippen molar-refractivity contribution in [2.45, 2.75) is 43.8 Å². The lowest BCUT2D eigenvalue weighted by Crippen LogP contribution is -2.43. The van der Waals surface area contributed by atoms with E-state index in [-0.39, 0.29) is 75.0 Å². The van der Waals surface area contributed by atoms with Crippen molar-refractivity contribution in [3.63, 3.8) is 0 Å². The number of terminal acetylenes is 1. The van der Waals surface area contributed by atoms with E-state index in [9.17, 15) is 19.1 Å². The fourth-order valence-electron chi connectivity index (χ4n) is 7.29. The molecule has 4 aromatic rings. The number of phenolic OH excluding ortho intramolecular Hbond substituents is 1. The number of benzene rings is 2. The fraction of sp³-hybridized carbons (Fsp3) is 0.412. The van der Waals surface area contributed by atoms with Gasteiger partial charge in [0.25, 0.3) is 0 Å². The van der Waals surface area contributed by atoms with Crippen molar-refractivity contribution in [2.24, 2.45) is 11.8 Å². The second-order valence-electron chi connectivity index (χ2n) is 12.4. The van der Waals surface area contributed by atoms with E-state index in [0.29, 0.717) is 24.9 Å². The molecule has 2 saturated heterocycles. The van der Waals surface area contributed by atoms with Crippen molar-refractivity contribution in [2.75, 3.05) is 38.7 Å². The third-order valence-corrected chi connectivity index (χ3v) is 9.58. The van der Waals surface area contributed by atoms with Gasteiger partial charge in [-0.25, -0.2) is 18.2 Å². The largest absolute Gasteiger partial charge is 0.508 e. The number of aromatic nitrogens is 3. The molecule has 0 bridgehead atoms. The summed E-state index contributed by atoms with van der Waals surface area (Å²) in [6, 6.07) is 7.44. The van der Waals surface area contributed by atoms with Gasteiger partial charge in [0.15, 0.2) is 5.82 Å². The predicted octanol–water partition coefficient (Wildman–Crippen LogP) is 5.74. The highest BCUT2D eigenvalue weighted by molar-refractivity contribution is 6.04. The predicted molar refractivity (Wildman–Crippen MR) is 165 cm³/mol. The number of hydrogen-bond acceptors (Lipinski definition) is 9. The maximum absolute atomic E-state index is 16.8. The lowest BCUT2D eigenvalue weighted by molar-refractivity contribution is 0.107. The number of alkyl halides is 1. The van der Waals surface area contributed by atoms with Gasteiger partial charge in [0, 0.05) is 36.4 Å². The van der Waals surface area contributed by atoms with Crippen molar-refractivity contribution in [3.05, 3.63) is 41.5 Å². The number of nitriles is 1. The molecular weight excluding hydrogens is 597 g/mol. The van der Waals surface area contributed by atoms with E-state index >= 15 is 4.39 Å². The Balaban J connectivity index is 1.37. The average Bonchev–Trinajstić information content (AvgIpc) is 3.55. The number of hydrogen-bond donors (Lipinski definition) is 2. The van der Waals surface area contributed by atoms with Crippen LogP contribution in [0.4, 0.5) is 19.0 Å². The van der Waals surface area contributed by atoms with Gasteiger partial charge in [-0.1, -0.05) is 12.0 Å². The van der Waals surface area contributed by atoms with Gasteiger partial charge >= 0.3 is 6.01 Å². The normalized spacial score (nSPS) is 23.9. The van der Waals surface area contributed by atoms with E-state index in [2.05, 4.69) is 37.2 Å². The third kappa shape index (κ3) is 4.97. The minimum atomic E-state index is -0.955. The van der Waals surface area contributed by atoms with Gasteiger partial charge in [0.1, 0.15) is 46.8 Å². The molecule has 46 heavy (non-hydrogen) atoms. The van der Waals surface area contributed by atoms with Crippen molar-refractivity contribution < 1.29 is 27.8 Å². The monoisotopic (exact) mass is 628 g/mol. The van der Waals surface area contributed by atoms with Gasteiger partial charge < -0.3 is 19.9 Å². The number of halogens is 3. The summed E-state index contributed by atoms with van der Waals surface area (Å²) in [6.45, 7) is 1.71. The Morgan fingerprint density at radius 1 is 1.20 bits per heavy atom. The molecule has 0 unspecified atom stereocenters. The molecule has 2 aliphatic heterocycles. The van der Waals surface area contributed by atoms with Crippen LogP contribution in [-0.2, 0) is 0 Å². The number of ether oxygens (including phenoxy) is 2. The standard InChI is InChI=1S/C34H31F3N6O3/c1-3-23-25(36)6-5-20-11-22(44)12-24(26(20)23)29-28(37)30-27(32(40-29)45-2)31(39-15-19-9-18(10-19)14-38)42-33(41-30)46-17-34-7-4-8-43(34)16-21(35)13-34/h1,5-6,11-12,18-19,21,44H,4,7-10,13,15-17H2,2H3,(H,39,41,42)/t18?,19?,21-,34+/m1/s1. The Kier molecular flexibility index (Phi) is 7.48. The Labute approximate surface area is 263 Å². The van der Waals surface area contributed by atoms with Crippen LogP contribution in [0.3, 0.4) is 0 Å². The molecule has 0 radical (unpaired) electrons. The summed E-state index contributed by atoms with van der Waals surface area (Å²) in [5.41, 5.74) is -0.993. The molecule has 2 N–H and O–H groups in total. The Morgan fingerprint density at radius 3 is 2.78 bits per heavy atom. The highest BCUT2D eigenvalue weighted by atomic mass is 19.1. The Bertz CT molecular complexity index is 1950. The summed E-state index contributed by atoms with van der Waals surface area (Å²) < 4.78 is 57.8. The maximum atomic E-state index is 16.8. The van der Waals surface area contributed by atoms with Crippen LogP contribution in [0.5, 0.6) is 17.6 Å². The van der Waals surface area contributed by atoms with Crippen LogP contribution in [0, 0.1) is 47.1 Å². The summed E-state index contributed by atoms with van der Waals surface area (Å²) in [5.74, 6) is 0.981. The number of pyridine rings is 1. The summed E-state index contributed by atoms with van der Waals surface area (Å²) in [5, 5.41) is 23.7. The molecule has 1 saturated carbocycles. The molecular formula is C34H31F3N6O3. The number of nitrogens with one attached hydrogen (secondary N) is 1. The second-order valence-corrected chi connectivity index (χ2v) is 12.4. The van der Waals surface area contributed by atoms with Gasteiger partial charge in [0.05, 0.1) is 24.3 Å². The zero-order chi connectivity index (χ0) is 32.2. The molecule has 236 valence electrons. The van der Waals surface area contributed by atoms with Crippen LogP contribution >= 0.6 is 0 Å². The molecule has 4 heterocycles. The first-order chi connectivity index (χ1) is 22.2. The number of methoxy groups -OCH3 is 1. The summed E-state index contributed by atoms with van der Waals surface area (Å²) >= 11 is 0. The minimum Gasteiger partial charge on any atom is -0.508 e. The van der Waals surface area contributed by atoms with Crippen LogP contribution < -0.4 is 14.8 Å². The summed E-state index contributed by atoms with van der Waals surface area (Å²) in [4.78, 5) is 15.6. The smallest absolute Gasteiger partial charge is 0.319 e. The number of nitrogens with zero attached hydrogens (tertiary/aromatic N) is 5. The van der Waals surface area contributed by atoms with E-state index in [1.165, 1.54) is 31.4 Å². The molecule has 0 amide bonds. The van der Waals surface area contributed by atoms with Gasteiger partial charge in [0.2, 0.25) is 5.88 Å². The molecule has 12 heteroatoms. The first-order valence-electron chi connectivity index (χ1n) is 15.3. The molecule has 3 fully saturated rings. The summed E-state index contributed by atoms with van der Waals surface area (Å²) in [7, 11) is 1.37. The topological polar surface area (TPSA) is 116 Å². The lowest BCUT2D eigenvalue weighted by atomic mass is 9.76. The van der Waals surface area contributed by atoms with Gasteiger partial charge in [-0.05, 0) is 61.7 Å². The van der Waals surface area contributed by atoms with E-state index in [1.807, 2.05) is 0 Å². The third-order valence-electron chi connectivity index (χ3n) is 9.58. The zero-order valence-corrected chi connectivity index (χ0v) is 25.1. The van der Waals surface area contributed by atoms with E-state index in [1.54, 1.807) is 0 Å². The van der Waals surface area contributed by atoms with Gasteiger partial charge in [-0.2, -0.15) is 15.2 Å². The SMILES string of the molecule is C#Cc1c(F)ccc2cc(O)cc(-c3nc(OC)c4c(NCC5CC(C#N)C5)nc(OC[C@@]56CCCN5C[C@H](F)C6)nc4c3F)c12. The molecule has 2 atom stereocenters. The Morgan fingerprint density at radius 2 is 2.02 bits per heavy atom. The molecule has 3 aliphatic rings. The van der Waals surface area contributed by atoms with Crippen molar-refractivity contribution in [1.29, 1.82) is 5.26 Å². The maximum Gasteiger partial charge on any atom is 0.319 e. The van der Waals surface area contributed by atoms with Gasteiger partial charge in [-0.15, -0.1) is 6.42 Å². The van der Waals surface area contributed by atoms with Crippen LogP contribution in [0.2, 0.25) is 0 Å². The number of aromatic hydroxyl groups is 1. The van der Waals surface area contributed by atoms with Crippen molar-refractivity contribution in [3.8, 4) is 47.3 Å². The zero-order valence-electron chi connectivity index (χ0n) is 25.1. The van der Waals surface area contributed by atoms with Crippen molar-refractivity contribution >= 4 is 27.5 Å². The van der Waals surface area contributed by atoms with Crippen molar-refractivity contribution in [1.82, 2.24) is 19.9 Å². The van der Waals surface area contributed by atoms with Crippen LogP contribution in [0.15, 0.2) is 24.3 Å². The number of anilines is 1. The van der Waals surface area contributed by atoms with E-state index < -0.39 is 23.3 Å². The van der Waals surface area contributed by atoms with Crippen LogP contribution in [0.25, 0.3) is 32.9 Å². The molecule has 2 aromatic carbocycles. The first-order valence-corrected chi connectivity index (χ1v) is 15.3. The molecule has 0 spiro atoms. The molecule has 2 aromatic heterocycles. The number of fused-ring (bicyclic) bond motifs is 3. The Hall–Kier alpha value is -4.81. The van der Waals surface area contributed by atoms with Crippen LogP contribution in [-0.4, -0.2) is 70.0 Å². The highest BCUT2D eigenvalue weighted by Crippen LogP contribution is 2.43. The minimum absolute atomic E-state index is 0.00162.